The molecule has 0 aliphatic carbocycles. The monoisotopic (exact) mass is 416 g/mol. The van der Waals surface area contributed by atoms with Gasteiger partial charge in [-0.15, -0.1) is 0 Å². The molecule has 11 heteroatoms. The van der Waals surface area contributed by atoms with Crippen LogP contribution < -0.4 is 16.1 Å². The van der Waals surface area contributed by atoms with E-state index in [-0.39, 0.29) is 0 Å². The van der Waals surface area contributed by atoms with E-state index in [0.29, 0.717) is 28.6 Å². The smallest absolute Gasteiger partial charge is 0.329 e. The molecule has 1 fully saturated rings. The summed E-state index contributed by atoms with van der Waals surface area (Å²) in [5.41, 5.74) is 0.879. The zero-order chi connectivity index (χ0) is 20.5. The quantitative estimate of drug-likeness (QED) is 0.460. The largest absolute Gasteiger partial charge is 0.340 e. The molecule has 4 heterocycles. The molecule has 154 valence electrons. The van der Waals surface area contributed by atoms with E-state index in [1.165, 1.54) is 16.3 Å². The van der Waals surface area contributed by atoms with E-state index in [1.54, 1.807) is 13.2 Å². The lowest BCUT2D eigenvalue weighted by molar-refractivity contribution is 0.310. The Kier molecular flexibility index (Phi) is 5.41. The number of rotatable bonds is 5. The molecule has 1 aliphatic heterocycles. The van der Waals surface area contributed by atoms with Gasteiger partial charge >= 0.3 is 5.69 Å². The fourth-order valence-electron chi connectivity index (χ4n) is 3.41. The third kappa shape index (κ3) is 3.92. The van der Waals surface area contributed by atoms with Crippen LogP contribution in [0.25, 0.3) is 11.2 Å². The van der Waals surface area contributed by atoms with Crippen LogP contribution in [-0.2, 0) is 13.6 Å². The molecule has 1 aliphatic rings. The molecule has 0 atom stereocenters. The number of aromatic nitrogens is 6. The number of thioether (sulfide) groups is 1. The molecule has 0 aromatic carbocycles. The highest BCUT2D eigenvalue weighted by Crippen LogP contribution is 2.22. The van der Waals surface area contributed by atoms with E-state index in [1.807, 2.05) is 17.6 Å². The van der Waals surface area contributed by atoms with E-state index in [2.05, 4.69) is 31.8 Å². The Morgan fingerprint density at radius 1 is 1.14 bits per heavy atom. The average molecular weight is 417 g/mol. The number of likely N-dealkylation sites (N-methyl/N-ethyl adjacent to an activating group) is 1. The van der Waals surface area contributed by atoms with Crippen LogP contribution in [0.15, 0.2) is 27.0 Å². The van der Waals surface area contributed by atoms with Crippen molar-refractivity contribution >= 4 is 28.9 Å². The maximum absolute atomic E-state index is 12.6. The van der Waals surface area contributed by atoms with Gasteiger partial charge in [0.05, 0.1) is 0 Å². The molecule has 0 spiro atoms. The van der Waals surface area contributed by atoms with Crippen molar-refractivity contribution < 1.29 is 0 Å². The molecule has 0 saturated carbocycles. The molecule has 4 rings (SSSR count). The maximum atomic E-state index is 12.6. The van der Waals surface area contributed by atoms with Gasteiger partial charge in [-0.3, -0.25) is 14.3 Å². The SMILES string of the molecule is Cc1ccnc(SCCn2c(N3CCN(C)CC3)nc3c2c(=O)[nH]c(=O)n3C)n1. The normalized spacial score (nSPS) is 15.3. The summed E-state index contributed by atoms with van der Waals surface area (Å²) in [7, 11) is 3.72. The molecule has 1 N–H and O–H groups in total. The molecular weight excluding hydrogens is 392 g/mol. The van der Waals surface area contributed by atoms with E-state index in [9.17, 15) is 9.59 Å². The zero-order valence-corrected chi connectivity index (χ0v) is 17.6. The third-order valence-corrected chi connectivity index (χ3v) is 5.93. The summed E-state index contributed by atoms with van der Waals surface area (Å²) in [6.07, 6.45) is 1.74. The topological polar surface area (TPSA) is 105 Å². The number of anilines is 1. The van der Waals surface area contributed by atoms with Gasteiger partial charge in [0.25, 0.3) is 5.56 Å². The summed E-state index contributed by atoms with van der Waals surface area (Å²) < 4.78 is 3.31. The number of piperazine rings is 1. The Labute approximate surface area is 171 Å². The molecule has 0 bridgehead atoms. The number of aromatic amines is 1. The first-order valence-electron chi connectivity index (χ1n) is 9.49. The van der Waals surface area contributed by atoms with Crippen LogP contribution in [0.1, 0.15) is 5.69 Å². The molecule has 0 radical (unpaired) electrons. The number of hydrogen-bond donors (Lipinski definition) is 1. The minimum atomic E-state index is -0.459. The lowest BCUT2D eigenvalue weighted by atomic mass is 10.3. The van der Waals surface area contributed by atoms with E-state index >= 15 is 0 Å². The van der Waals surface area contributed by atoms with Gasteiger partial charge in [0.15, 0.2) is 16.3 Å². The maximum Gasteiger partial charge on any atom is 0.329 e. The highest BCUT2D eigenvalue weighted by molar-refractivity contribution is 7.99. The highest BCUT2D eigenvalue weighted by atomic mass is 32.2. The van der Waals surface area contributed by atoms with Crippen LogP contribution in [0.5, 0.6) is 0 Å². The van der Waals surface area contributed by atoms with Crippen molar-refractivity contribution in [3.05, 3.63) is 38.8 Å². The number of nitrogens with one attached hydrogen (secondary N) is 1. The molecule has 0 unspecified atom stereocenters. The Hall–Kier alpha value is -2.66. The molecular formula is C18H24N8O2S. The molecule has 3 aromatic rings. The van der Waals surface area contributed by atoms with Crippen molar-refractivity contribution in [1.82, 2.24) is 34.0 Å². The molecule has 3 aromatic heterocycles. The van der Waals surface area contributed by atoms with Gasteiger partial charge in [0.1, 0.15) is 0 Å². The second-order valence-electron chi connectivity index (χ2n) is 7.17. The van der Waals surface area contributed by atoms with Crippen LogP contribution in [0.2, 0.25) is 0 Å². The number of fused-ring (bicyclic) bond motifs is 1. The zero-order valence-electron chi connectivity index (χ0n) is 16.8. The van der Waals surface area contributed by atoms with E-state index in [0.717, 1.165) is 37.8 Å². The number of aryl methyl sites for hydroxylation is 3. The number of hydrogen-bond acceptors (Lipinski definition) is 8. The Morgan fingerprint density at radius 3 is 2.62 bits per heavy atom. The second-order valence-corrected chi connectivity index (χ2v) is 8.24. The van der Waals surface area contributed by atoms with Gasteiger partial charge < -0.3 is 14.4 Å². The summed E-state index contributed by atoms with van der Waals surface area (Å²) >= 11 is 1.53. The van der Waals surface area contributed by atoms with Gasteiger partial charge in [-0.25, -0.2) is 14.8 Å². The standard InChI is InChI=1S/C18H24N8O2S/c1-12-4-5-19-16(20-12)29-11-10-26-13-14(24(3)18(28)22-15(13)27)21-17(26)25-8-6-23(2)7-9-25/h4-5H,6-11H2,1-3H3,(H,22,27,28). The lowest BCUT2D eigenvalue weighted by Crippen LogP contribution is -2.45. The molecule has 0 amide bonds. The fourth-order valence-corrected chi connectivity index (χ4v) is 4.21. The summed E-state index contributed by atoms with van der Waals surface area (Å²) in [4.78, 5) is 44.9. The van der Waals surface area contributed by atoms with Crippen molar-refractivity contribution in [2.45, 2.75) is 18.6 Å². The minimum absolute atomic E-state index is 0.407. The van der Waals surface area contributed by atoms with Crippen molar-refractivity contribution in [2.24, 2.45) is 7.05 Å². The highest BCUT2D eigenvalue weighted by Gasteiger charge is 2.23. The van der Waals surface area contributed by atoms with E-state index in [4.69, 9.17) is 4.98 Å². The number of nitrogens with zero attached hydrogens (tertiary/aromatic N) is 7. The first kappa shape index (κ1) is 19.6. The second kappa shape index (κ2) is 7.99. The van der Waals surface area contributed by atoms with Crippen molar-refractivity contribution in [1.29, 1.82) is 0 Å². The van der Waals surface area contributed by atoms with Crippen LogP contribution in [0.4, 0.5) is 5.95 Å². The predicted octanol–water partition coefficient (Wildman–Crippen LogP) is 0.0658. The van der Waals surface area contributed by atoms with Crippen LogP contribution in [0.3, 0.4) is 0 Å². The fraction of sp³-hybridized carbons (Fsp3) is 0.500. The first-order valence-corrected chi connectivity index (χ1v) is 10.5. The summed E-state index contributed by atoms with van der Waals surface area (Å²) in [6.45, 7) is 5.97. The summed E-state index contributed by atoms with van der Waals surface area (Å²) in [6, 6.07) is 1.86. The predicted molar refractivity (Wildman–Crippen MR) is 113 cm³/mol. The molecule has 10 nitrogen and oxygen atoms in total. The van der Waals surface area contributed by atoms with Gasteiger partial charge in [0, 0.05) is 57.4 Å². The van der Waals surface area contributed by atoms with Gasteiger partial charge in [-0.05, 0) is 20.0 Å². The Morgan fingerprint density at radius 2 is 1.90 bits per heavy atom. The van der Waals surface area contributed by atoms with Crippen LogP contribution in [0, 0.1) is 6.92 Å². The number of imidazole rings is 1. The summed E-state index contributed by atoms with van der Waals surface area (Å²) in [5.74, 6) is 1.41. The van der Waals surface area contributed by atoms with E-state index < -0.39 is 11.2 Å². The van der Waals surface area contributed by atoms with Gasteiger partial charge in [0.2, 0.25) is 5.95 Å². The molecule has 1 saturated heterocycles. The van der Waals surface area contributed by atoms with Crippen molar-refractivity contribution in [3.8, 4) is 0 Å². The Balaban J connectivity index is 1.69. The summed E-state index contributed by atoms with van der Waals surface area (Å²) in [5, 5.41) is 0.705. The van der Waals surface area contributed by atoms with Gasteiger partial charge in [-0.2, -0.15) is 4.98 Å². The van der Waals surface area contributed by atoms with Crippen molar-refractivity contribution in [2.75, 3.05) is 43.9 Å². The van der Waals surface area contributed by atoms with Crippen molar-refractivity contribution in [3.63, 3.8) is 0 Å². The van der Waals surface area contributed by atoms with Gasteiger partial charge in [-0.1, -0.05) is 11.8 Å². The third-order valence-electron chi connectivity index (χ3n) is 5.09. The Bertz CT molecular complexity index is 1140. The minimum Gasteiger partial charge on any atom is -0.340 e. The number of H-pyrrole nitrogens is 1. The molecule has 29 heavy (non-hydrogen) atoms. The average Bonchev–Trinajstić information content (AvgIpc) is 3.07. The van der Waals surface area contributed by atoms with Crippen LogP contribution >= 0.6 is 11.8 Å². The lowest BCUT2D eigenvalue weighted by Gasteiger charge is -2.33. The first-order chi connectivity index (χ1) is 13.9. The van der Waals surface area contributed by atoms with Crippen LogP contribution in [-0.4, -0.2) is 72.9 Å².